The van der Waals surface area contributed by atoms with E-state index in [2.05, 4.69) is 62.7 Å². The molecule has 1 aromatic carbocycles. The fourth-order valence-corrected chi connectivity index (χ4v) is 3.20. The minimum absolute atomic E-state index is 0.0237. The molecular formula is C20H27N3O. The van der Waals surface area contributed by atoms with Crippen molar-refractivity contribution in [2.45, 2.75) is 59.5 Å². The maximum Gasteiger partial charge on any atom is 0.255 e. The second kappa shape index (κ2) is 6.17. The lowest BCUT2D eigenvalue weighted by atomic mass is 9.94. The fraction of sp³-hybridized carbons (Fsp3) is 0.500. The molecule has 0 radical (unpaired) electrons. The first-order valence-corrected chi connectivity index (χ1v) is 8.65. The zero-order valence-corrected chi connectivity index (χ0v) is 15.4. The van der Waals surface area contributed by atoms with Crippen LogP contribution in [0.1, 0.15) is 54.5 Å². The van der Waals surface area contributed by atoms with Gasteiger partial charge in [0.2, 0.25) is 0 Å². The van der Waals surface area contributed by atoms with Crippen LogP contribution in [-0.4, -0.2) is 21.4 Å². The number of nitrogens with zero attached hydrogens (tertiary/aromatic N) is 2. The van der Waals surface area contributed by atoms with Crippen LogP contribution in [-0.2, 0) is 24.9 Å². The van der Waals surface area contributed by atoms with E-state index in [1.165, 1.54) is 16.7 Å². The highest BCUT2D eigenvalue weighted by Crippen LogP contribution is 2.22. The van der Waals surface area contributed by atoms with Crippen LogP contribution in [0.2, 0.25) is 0 Å². The quantitative estimate of drug-likeness (QED) is 0.922. The number of aromatic nitrogens is 2. The van der Waals surface area contributed by atoms with Crippen LogP contribution < -0.4 is 5.56 Å². The van der Waals surface area contributed by atoms with Gasteiger partial charge in [-0.25, -0.2) is 4.98 Å². The number of H-pyrrole nitrogens is 1. The largest absolute Gasteiger partial charge is 0.310 e. The van der Waals surface area contributed by atoms with Crippen LogP contribution in [0.15, 0.2) is 23.0 Å². The summed E-state index contributed by atoms with van der Waals surface area (Å²) < 4.78 is 0. The molecule has 0 aliphatic carbocycles. The van der Waals surface area contributed by atoms with Crippen molar-refractivity contribution in [2.24, 2.45) is 0 Å². The molecule has 24 heavy (non-hydrogen) atoms. The van der Waals surface area contributed by atoms with Crippen LogP contribution in [0.5, 0.6) is 0 Å². The standard InChI is InChI=1S/C20H27N3O/c1-13-7-6-8-15(14(13)2)11-23-10-9-17-16(12-23)18(24)22-19(21-17)20(3,4)5/h6-8H,9-12H2,1-5H3,(H,21,22,24). The summed E-state index contributed by atoms with van der Waals surface area (Å²) in [5, 5.41) is 0. The van der Waals surface area contributed by atoms with E-state index in [0.717, 1.165) is 36.6 Å². The van der Waals surface area contributed by atoms with Crippen LogP contribution in [0.4, 0.5) is 0 Å². The van der Waals surface area contributed by atoms with E-state index in [1.807, 2.05) is 0 Å². The van der Waals surface area contributed by atoms with Gasteiger partial charge in [-0.2, -0.15) is 0 Å². The maximum atomic E-state index is 12.5. The highest BCUT2D eigenvalue weighted by atomic mass is 16.1. The Morgan fingerprint density at radius 2 is 2.00 bits per heavy atom. The third-order valence-corrected chi connectivity index (χ3v) is 4.97. The molecule has 4 nitrogen and oxygen atoms in total. The van der Waals surface area contributed by atoms with Gasteiger partial charge in [0.05, 0.1) is 11.3 Å². The minimum atomic E-state index is -0.135. The van der Waals surface area contributed by atoms with Gasteiger partial charge in [0.1, 0.15) is 5.82 Å². The molecule has 0 saturated carbocycles. The Balaban J connectivity index is 1.85. The Morgan fingerprint density at radius 3 is 2.71 bits per heavy atom. The molecular weight excluding hydrogens is 298 g/mol. The lowest BCUT2D eigenvalue weighted by Crippen LogP contribution is -2.37. The first-order valence-electron chi connectivity index (χ1n) is 8.65. The summed E-state index contributed by atoms with van der Waals surface area (Å²) in [5.74, 6) is 0.786. The van der Waals surface area contributed by atoms with E-state index in [9.17, 15) is 4.79 Å². The number of aryl methyl sites for hydroxylation is 1. The van der Waals surface area contributed by atoms with Crippen molar-refractivity contribution in [3.63, 3.8) is 0 Å². The normalized spacial score (nSPS) is 15.4. The average molecular weight is 325 g/mol. The molecule has 4 heteroatoms. The first kappa shape index (κ1) is 16.9. The summed E-state index contributed by atoms with van der Waals surface area (Å²) >= 11 is 0. The highest BCUT2D eigenvalue weighted by molar-refractivity contribution is 5.33. The van der Waals surface area contributed by atoms with Crippen LogP contribution in [0, 0.1) is 13.8 Å². The number of rotatable bonds is 2. The van der Waals surface area contributed by atoms with Crippen LogP contribution >= 0.6 is 0 Å². The van der Waals surface area contributed by atoms with E-state index < -0.39 is 0 Å². The molecule has 1 N–H and O–H groups in total. The minimum Gasteiger partial charge on any atom is -0.310 e. The molecule has 1 aromatic heterocycles. The maximum absolute atomic E-state index is 12.5. The topological polar surface area (TPSA) is 49.0 Å². The Kier molecular flexibility index (Phi) is 4.35. The molecule has 0 amide bonds. The van der Waals surface area contributed by atoms with E-state index in [1.54, 1.807) is 0 Å². The molecule has 3 rings (SSSR count). The van der Waals surface area contributed by atoms with Crippen LogP contribution in [0.3, 0.4) is 0 Å². The van der Waals surface area contributed by atoms with Gasteiger partial charge in [-0.3, -0.25) is 9.69 Å². The third kappa shape index (κ3) is 3.29. The SMILES string of the molecule is Cc1cccc(CN2CCc3nc(C(C)(C)C)[nH]c(=O)c3C2)c1C. The number of hydrogen-bond donors (Lipinski definition) is 1. The number of aromatic amines is 1. The molecule has 128 valence electrons. The van der Waals surface area contributed by atoms with Crippen molar-refractivity contribution in [3.05, 3.63) is 62.3 Å². The third-order valence-electron chi connectivity index (χ3n) is 4.97. The fourth-order valence-electron chi connectivity index (χ4n) is 3.20. The van der Waals surface area contributed by atoms with Gasteiger partial charge in [-0.1, -0.05) is 39.0 Å². The average Bonchev–Trinajstić information content (AvgIpc) is 2.51. The van der Waals surface area contributed by atoms with Crippen molar-refractivity contribution in [2.75, 3.05) is 6.54 Å². The molecule has 0 saturated heterocycles. The monoisotopic (exact) mass is 325 g/mol. The molecule has 1 aliphatic rings. The molecule has 0 bridgehead atoms. The number of nitrogens with one attached hydrogen (secondary N) is 1. The van der Waals surface area contributed by atoms with Crippen molar-refractivity contribution >= 4 is 0 Å². The molecule has 0 atom stereocenters. The second-order valence-corrected chi connectivity index (χ2v) is 7.91. The molecule has 0 unspecified atom stereocenters. The summed E-state index contributed by atoms with van der Waals surface area (Å²) in [6.07, 6.45) is 0.840. The van der Waals surface area contributed by atoms with E-state index in [0.29, 0.717) is 6.54 Å². The molecule has 0 fully saturated rings. The molecule has 2 aromatic rings. The van der Waals surface area contributed by atoms with Crippen LogP contribution in [0.25, 0.3) is 0 Å². The van der Waals surface area contributed by atoms with E-state index in [4.69, 9.17) is 4.98 Å². The second-order valence-electron chi connectivity index (χ2n) is 7.91. The predicted octanol–water partition coefficient (Wildman–Crippen LogP) is 3.24. The lowest BCUT2D eigenvalue weighted by molar-refractivity contribution is 0.240. The summed E-state index contributed by atoms with van der Waals surface area (Å²) in [4.78, 5) is 22.6. The van der Waals surface area contributed by atoms with E-state index >= 15 is 0 Å². The van der Waals surface area contributed by atoms with E-state index in [-0.39, 0.29) is 11.0 Å². The van der Waals surface area contributed by atoms with Gasteiger partial charge in [-0.15, -0.1) is 0 Å². The van der Waals surface area contributed by atoms with Gasteiger partial charge >= 0.3 is 0 Å². The number of hydrogen-bond acceptors (Lipinski definition) is 3. The van der Waals surface area contributed by atoms with Crippen molar-refractivity contribution in [3.8, 4) is 0 Å². The van der Waals surface area contributed by atoms with Gasteiger partial charge in [-0.05, 0) is 30.5 Å². The molecule has 1 aliphatic heterocycles. The molecule has 0 spiro atoms. The zero-order valence-electron chi connectivity index (χ0n) is 15.4. The molecule has 2 heterocycles. The summed E-state index contributed by atoms with van der Waals surface area (Å²) in [7, 11) is 0. The number of fused-ring (bicyclic) bond motifs is 1. The first-order chi connectivity index (χ1) is 11.3. The predicted molar refractivity (Wildman–Crippen MR) is 97.3 cm³/mol. The summed E-state index contributed by atoms with van der Waals surface area (Å²) in [6.45, 7) is 13.1. The van der Waals surface area contributed by atoms with Crippen molar-refractivity contribution < 1.29 is 0 Å². The summed E-state index contributed by atoms with van der Waals surface area (Å²) in [6, 6.07) is 6.44. The van der Waals surface area contributed by atoms with Gasteiger partial charge in [0, 0.05) is 31.5 Å². The zero-order chi connectivity index (χ0) is 17.5. The highest BCUT2D eigenvalue weighted by Gasteiger charge is 2.25. The van der Waals surface area contributed by atoms with Crippen molar-refractivity contribution in [1.82, 2.24) is 14.9 Å². The van der Waals surface area contributed by atoms with Gasteiger partial charge in [0.25, 0.3) is 5.56 Å². The summed E-state index contributed by atoms with van der Waals surface area (Å²) in [5.41, 5.74) is 5.70. The Hall–Kier alpha value is -1.94. The van der Waals surface area contributed by atoms with Gasteiger partial charge in [0.15, 0.2) is 0 Å². The Labute approximate surface area is 143 Å². The van der Waals surface area contributed by atoms with Gasteiger partial charge < -0.3 is 4.98 Å². The Bertz CT molecular complexity index is 815. The lowest BCUT2D eigenvalue weighted by Gasteiger charge is -2.29. The smallest absolute Gasteiger partial charge is 0.255 e. The Morgan fingerprint density at radius 1 is 1.25 bits per heavy atom. The van der Waals surface area contributed by atoms with Crippen molar-refractivity contribution in [1.29, 1.82) is 0 Å². The number of benzene rings is 1.